The molecule has 328 valence electrons. The van der Waals surface area contributed by atoms with E-state index in [1.54, 1.807) is 57.9 Å². The van der Waals surface area contributed by atoms with Crippen molar-refractivity contribution in [3.63, 3.8) is 0 Å². The molecule has 8 rings (SSSR count). The second-order valence-corrected chi connectivity index (χ2v) is 16.7. The van der Waals surface area contributed by atoms with Crippen LogP contribution in [0.25, 0.3) is 0 Å². The van der Waals surface area contributed by atoms with Gasteiger partial charge < -0.3 is 51.7 Å². The summed E-state index contributed by atoms with van der Waals surface area (Å²) in [4.78, 5) is 4.12. The van der Waals surface area contributed by atoms with Gasteiger partial charge in [0.25, 0.3) is 0 Å². The Balaban J connectivity index is -0.0000000917. The second-order valence-electron chi connectivity index (χ2n) is 12.8. The second kappa shape index (κ2) is 51.2. The van der Waals surface area contributed by atoms with Crippen LogP contribution in [0.2, 0.25) is 0 Å². The fourth-order valence-electron chi connectivity index (χ4n) is 3.10. The van der Waals surface area contributed by atoms with Crippen LogP contribution >= 0.6 is 45.3 Å². The number of thiophene rings is 4. The van der Waals surface area contributed by atoms with Crippen LogP contribution in [0.15, 0.2) is 65.2 Å². The third-order valence-corrected chi connectivity index (χ3v) is 11.8. The minimum Gasteiger partial charge on any atom is -0.598 e. The van der Waals surface area contributed by atoms with Crippen LogP contribution in [-0.2, 0) is 262 Å². The first-order valence-electron chi connectivity index (χ1n) is 17.9. The average molecular weight is 1540 g/mol. The minimum atomic E-state index is 0. The Bertz CT molecular complexity index is 1590. The van der Waals surface area contributed by atoms with Crippen molar-refractivity contribution in [3.8, 4) is 0 Å². The van der Waals surface area contributed by atoms with E-state index in [1.165, 1.54) is 59.1 Å². The van der Waals surface area contributed by atoms with E-state index in [-0.39, 0.29) is 262 Å². The molecule has 8 radical (unpaired) electrons. The number of aryl methyl sites for hydroxylation is 16. The van der Waals surface area contributed by atoms with Crippen LogP contribution in [0.4, 0.5) is 0 Å². The Labute approximate surface area is 605 Å². The molecular weight excluding hydrogens is 1480 g/mol. The molecule has 4 nitrogen and oxygen atoms in total. The molecule has 64 heavy (non-hydrogen) atoms. The summed E-state index contributed by atoms with van der Waals surface area (Å²) in [5, 5.41) is 13.3. The van der Waals surface area contributed by atoms with E-state index in [0.29, 0.717) is 0 Å². The summed E-state index contributed by atoms with van der Waals surface area (Å²) < 4.78 is 19.3. The smallest absolute Gasteiger partial charge is 0 e. The molecule has 0 saturated heterocycles. The first-order chi connectivity index (χ1) is 26.4. The standard InChI is InChI=1S/4C6H7O.4C6H7S.8Y/c1-5-3-7-4-6(5)2;3*1-5-3-4-7-6(5)2;1-5-3-7-4-6(5)2;3*1-5-3-4-7-6(5)2;;;;;;;;/h3H,1-2H3;4H,1-2H3;3*3H,1-2H3;4H,1-2H3;2*3H,1-2H3;;;;;;;;/q8*-1;;;;;;;;. The van der Waals surface area contributed by atoms with Gasteiger partial charge in [-0.15, -0.1) is 53.8 Å². The molecule has 0 aliphatic heterocycles. The molecule has 8 aromatic rings. The van der Waals surface area contributed by atoms with E-state index in [2.05, 4.69) is 108 Å². The van der Waals surface area contributed by atoms with Crippen molar-refractivity contribution >= 4 is 45.3 Å². The normalized spacial score (nSPS) is 8.25. The molecule has 0 aliphatic rings. The first-order valence-corrected chi connectivity index (χ1v) is 21.2. The van der Waals surface area contributed by atoms with E-state index in [0.717, 1.165) is 28.4 Å². The molecule has 0 N–H and O–H groups in total. The van der Waals surface area contributed by atoms with Gasteiger partial charge in [-0.25, -0.2) is 17.7 Å². The number of rotatable bonds is 0. The number of hydrogen-bond acceptors (Lipinski definition) is 8. The van der Waals surface area contributed by atoms with E-state index in [9.17, 15) is 0 Å². The Kier molecular flexibility index (Phi) is 68.5. The van der Waals surface area contributed by atoms with Gasteiger partial charge in [-0.05, 0) is 25.1 Å². The van der Waals surface area contributed by atoms with E-state index < -0.39 is 0 Å². The van der Waals surface area contributed by atoms with Crippen molar-refractivity contribution < 1.29 is 279 Å². The van der Waals surface area contributed by atoms with Gasteiger partial charge in [0.05, 0.1) is 0 Å². The van der Waals surface area contributed by atoms with Crippen molar-refractivity contribution in [1.82, 2.24) is 0 Å². The molecule has 0 aromatic carbocycles. The maximum atomic E-state index is 4.91. The zero-order chi connectivity index (χ0) is 42.2. The van der Waals surface area contributed by atoms with Crippen LogP contribution in [0.5, 0.6) is 0 Å². The third kappa shape index (κ3) is 40.2. The first kappa shape index (κ1) is 85.5. The summed E-state index contributed by atoms with van der Waals surface area (Å²) in [6.07, 6.45) is 11.2. The number of hydrogen-bond donors (Lipinski definition) is 0. The summed E-state index contributed by atoms with van der Waals surface area (Å²) in [7, 11) is 0. The van der Waals surface area contributed by atoms with Gasteiger partial charge in [-0.1, -0.05) is 134 Å². The molecule has 0 fully saturated rings. The van der Waals surface area contributed by atoms with Gasteiger partial charge in [0.15, 0.2) is 0 Å². The van der Waals surface area contributed by atoms with E-state index in [1.807, 2.05) is 85.0 Å². The summed E-state index contributed by atoms with van der Waals surface area (Å²) in [5.74, 6) is 2.88. The monoisotopic (exact) mass is 1540 g/mol. The largest absolute Gasteiger partial charge is 0.598 e. The maximum Gasteiger partial charge on any atom is 0 e. The Morgan fingerprint density at radius 2 is 0.906 bits per heavy atom. The summed E-state index contributed by atoms with van der Waals surface area (Å²) in [6.45, 7) is 32.5. The van der Waals surface area contributed by atoms with E-state index in [4.69, 9.17) is 17.7 Å². The van der Waals surface area contributed by atoms with Crippen LogP contribution in [-0.4, -0.2) is 0 Å². The summed E-state index contributed by atoms with van der Waals surface area (Å²) in [5.41, 5.74) is 12.3. The van der Waals surface area contributed by atoms with Gasteiger partial charge >= 0.3 is 0 Å². The Hall–Kier alpha value is 4.75. The molecule has 0 aliphatic carbocycles. The van der Waals surface area contributed by atoms with Crippen molar-refractivity contribution in [2.75, 3.05) is 0 Å². The SMILES string of the molecule is Cc1[c-]coc1C.Cc1[c-]csc1C.Cc1[c-]occ1C.Cc1[c-]scc1C.Cc1c[c-]oc1C.Cc1c[c-]oc1C.Cc1c[c-]sc1C.Cc1c[c-]sc1C.[Y].[Y].[Y].[Y].[Y].[Y].[Y].[Y]. The molecule has 0 amide bonds. The predicted molar refractivity (Wildman–Crippen MR) is 239 cm³/mol. The van der Waals surface area contributed by atoms with Crippen LogP contribution < -0.4 is 0 Å². The van der Waals surface area contributed by atoms with Crippen LogP contribution in [0, 0.1) is 158 Å². The molecule has 16 heteroatoms. The van der Waals surface area contributed by atoms with Crippen molar-refractivity contribution in [1.29, 1.82) is 0 Å². The molecule has 0 spiro atoms. The maximum absolute atomic E-state index is 4.91. The average Bonchev–Trinajstić information content (AvgIpc) is 4.07. The number of furan rings is 4. The zero-order valence-corrected chi connectivity index (χ0v) is 66.5. The summed E-state index contributed by atoms with van der Waals surface area (Å²) in [6, 6.07) is 13.7. The fourth-order valence-corrected chi connectivity index (χ4v) is 5.76. The van der Waals surface area contributed by atoms with Crippen molar-refractivity contribution in [2.45, 2.75) is 111 Å². The molecule has 0 unspecified atom stereocenters. The topological polar surface area (TPSA) is 52.6 Å². The molecule has 0 atom stereocenters. The van der Waals surface area contributed by atoms with Crippen LogP contribution in [0.3, 0.4) is 0 Å². The van der Waals surface area contributed by atoms with Gasteiger partial charge in [-0.2, -0.15) is 62.0 Å². The van der Waals surface area contributed by atoms with Crippen LogP contribution in [0.1, 0.15) is 87.5 Å². The molecule has 0 saturated carbocycles. The molecule has 8 heterocycles. The molecule has 8 aromatic heterocycles. The Morgan fingerprint density at radius 3 is 1.00 bits per heavy atom. The van der Waals surface area contributed by atoms with E-state index >= 15 is 0 Å². The van der Waals surface area contributed by atoms with Gasteiger partial charge in [0.1, 0.15) is 0 Å². The Morgan fingerprint density at radius 1 is 0.438 bits per heavy atom. The fraction of sp³-hybridized carbons (Fsp3) is 0.333. The minimum absolute atomic E-state index is 0. The zero-order valence-electron chi connectivity index (χ0n) is 40.5. The van der Waals surface area contributed by atoms with Gasteiger partial charge in [0, 0.05) is 262 Å². The quantitative estimate of drug-likeness (QED) is 0.142. The molecular formula is C48H56O4S4Y8-8. The van der Waals surface area contributed by atoms with Gasteiger partial charge in [-0.3, -0.25) is 11.3 Å². The third-order valence-electron chi connectivity index (χ3n) is 8.33. The summed E-state index contributed by atoms with van der Waals surface area (Å²) >= 11 is 6.75. The molecule has 0 bridgehead atoms. The van der Waals surface area contributed by atoms with Crippen molar-refractivity contribution in [2.24, 2.45) is 0 Å². The van der Waals surface area contributed by atoms with Crippen molar-refractivity contribution in [3.05, 3.63) is 182 Å². The predicted octanol–water partition coefficient (Wildman–Crippen LogP) is 15.4. The van der Waals surface area contributed by atoms with Gasteiger partial charge in [0.2, 0.25) is 0 Å².